The number of carbonyl (C=O) groups is 1. The predicted molar refractivity (Wildman–Crippen MR) is 224 cm³/mol. The van der Waals surface area contributed by atoms with Crippen molar-refractivity contribution in [3.63, 3.8) is 0 Å². The van der Waals surface area contributed by atoms with Crippen LogP contribution in [0.1, 0.15) is 106 Å². The molecule has 1 saturated heterocycles. The summed E-state index contributed by atoms with van der Waals surface area (Å²) in [4.78, 5) is 13.4. The van der Waals surface area contributed by atoms with Crippen molar-refractivity contribution in [2.75, 3.05) is 20.3 Å². The second-order valence-corrected chi connectivity index (χ2v) is 26.7. The fraction of sp³-hybridized carbons (Fsp3) is 0.578. The van der Waals surface area contributed by atoms with Gasteiger partial charge in [0.05, 0.1) is 32.0 Å². The molecule has 0 amide bonds. The van der Waals surface area contributed by atoms with Crippen LogP contribution in [0.2, 0.25) is 21.7 Å². The molecule has 3 atom stereocenters. The van der Waals surface area contributed by atoms with Gasteiger partial charge in [-0.1, -0.05) is 135 Å². The molecule has 0 spiro atoms. The minimum Gasteiger partial charge on any atom is -0.497 e. The molecule has 4 rings (SSSR count). The van der Waals surface area contributed by atoms with Gasteiger partial charge in [-0.05, 0) is 75.4 Å². The van der Waals surface area contributed by atoms with E-state index >= 15 is 0 Å². The zero-order chi connectivity index (χ0) is 38.6. The molecular weight excluding hydrogens is 693 g/mol. The summed E-state index contributed by atoms with van der Waals surface area (Å²) in [5.74, 6) is 1.06. The number of rotatable bonds is 20. The summed E-state index contributed by atoms with van der Waals surface area (Å²) in [6.07, 6.45) is 3.78. The maximum Gasteiger partial charge on any atom is 0.261 e. The maximum absolute atomic E-state index is 13.4. The molecule has 53 heavy (non-hydrogen) atoms. The molecule has 0 radical (unpaired) electrons. The molecule has 6 nitrogen and oxygen atoms in total. The number of ether oxygens (including phenoxy) is 3. The Bertz CT molecular complexity index is 1440. The zero-order valence-electron chi connectivity index (χ0n) is 34.4. The molecule has 0 N–H and O–H groups in total. The van der Waals surface area contributed by atoms with Crippen molar-refractivity contribution in [1.29, 1.82) is 0 Å². The van der Waals surface area contributed by atoms with Crippen LogP contribution >= 0.6 is 0 Å². The van der Waals surface area contributed by atoms with E-state index < -0.39 is 16.6 Å². The second-order valence-electron chi connectivity index (χ2n) is 17.0. The van der Waals surface area contributed by atoms with Crippen LogP contribution < -0.4 is 15.1 Å². The minimum atomic E-state index is -2.68. The van der Waals surface area contributed by atoms with Crippen LogP contribution in [0.4, 0.5) is 0 Å². The summed E-state index contributed by atoms with van der Waals surface area (Å²) in [7, 11) is -3.15. The van der Waals surface area contributed by atoms with E-state index in [1.54, 1.807) is 7.11 Å². The molecule has 1 aliphatic rings. The van der Waals surface area contributed by atoms with Crippen molar-refractivity contribution < 1.29 is 27.9 Å². The number of benzene rings is 3. The number of methoxy groups -OCH3 is 1. The normalized spacial score (nSPS) is 18.5. The Morgan fingerprint density at radius 1 is 0.774 bits per heavy atom. The van der Waals surface area contributed by atoms with E-state index in [1.165, 1.54) is 10.4 Å². The topological polar surface area (TPSA) is 63.2 Å². The van der Waals surface area contributed by atoms with Crippen molar-refractivity contribution in [2.24, 2.45) is 0 Å². The van der Waals surface area contributed by atoms with E-state index in [9.17, 15) is 4.79 Å². The SMILES string of the molecule is COc1ccc(COCCCC(=O)C[C@H]2C[C@@H](O[Si](C(C)C)(C(C)C)C(C)C)C[C@@H](CCO[Si](c3ccccc3)(c3ccccc3)C(C)(C)C)O2)cc1. The lowest BCUT2D eigenvalue weighted by Gasteiger charge is -2.47. The zero-order valence-corrected chi connectivity index (χ0v) is 36.4. The molecule has 1 aliphatic heterocycles. The van der Waals surface area contributed by atoms with Gasteiger partial charge in [0.25, 0.3) is 8.32 Å². The van der Waals surface area contributed by atoms with E-state index in [0.717, 1.165) is 30.6 Å². The fourth-order valence-electron chi connectivity index (χ4n) is 8.92. The van der Waals surface area contributed by atoms with Crippen molar-refractivity contribution in [1.82, 2.24) is 0 Å². The first-order valence-corrected chi connectivity index (χ1v) is 24.1. The lowest BCUT2D eigenvalue weighted by Crippen LogP contribution is -2.66. The molecule has 292 valence electrons. The third-order valence-electron chi connectivity index (χ3n) is 11.3. The summed E-state index contributed by atoms with van der Waals surface area (Å²) in [5, 5.41) is 2.46. The van der Waals surface area contributed by atoms with Gasteiger partial charge in [0.15, 0.2) is 0 Å². The van der Waals surface area contributed by atoms with Crippen LogP contribution in [0, 0.1) is 0 Å². The van der Waals surface area contributed by atoms with Crippen LogP contribution in [0.5, 0.6) is 5.75 Å². The average Bonchev–Trinajstić information content (AvgIpc) is 3.12. The van der Waals surface area contributed by atoms with Crippen LogP contribution in [0.25, 0.3) is 0 Å². The molecule has 1 heterocycles. The van der Waals surface area contributed by atoms with Gasteiger partial charge < -0.3 is 23.1 Å². The average molecular weight is 761 g/mol. The molecule has 3 aromatic rings. The van der Waals surface area contributed by atoms with Crippen molar-refractivity contribution in [3.8, 4) is 5.75 Å². The monoisotopic (exact) mass is 760 g/mol. The summed E-state index contributed by atoms with van der Waals surface area (Å²) < 4.78 is 32.7. The highest BCUT2D eigenvalue weighted by molar-refractivity contribution is 6.99. The number of Topliss-reactive ketones (excluding diaryl/α,β-unsaturated/α-hetero) is 1. The van der Waals surface area contributed by atoms with Gasteiger partial charge in [-0.3, -0.25) is 4.79 Å². The van der Waals surface area contributed by atoms with Gasteiger partial charge in [-0.2, -0.15) is 0 Å². The number of hydrogen-bond donors (Lipinski definition) is 0. The maximum atomic E-state index is 13.4. The standard InChI is InChI=1S/C45H68O6Si2/c1-34(2)52(35(3)4,36(5)6)51-42-31-40(50-41(32-42)30-38(46)18-17-28-48-33-37-23-25-39(47-10)26-24-37)27-29-49-53(45(7,8)9,43-19-13-11-14-20-43)44-21-15-12-16-22-44/h11-16,19-26,34-36,40-42H,17-18,27-33H2,1-10H3/t40-,41+,42+/m1/s1. The minimum absolute atomic E-state index is 0.0456. The van der Waals surface area contributed by atoms with E-state index in [0.29, 0.717) is 55.7 Å². The Morgan fingerprint density at radius 3 is 1.83 bits per heavy atom. The Balaban J connectivity index is 1.47. The Kier molecular flexibility index (Phi) is 16.1. The van der Waals surface area contributed by atoms with Crippen LogP contribution in [0.3, 0.4) is 0 Å². The Hall–Kier alpha value is -2.60. The lowest BCUT2D eigenvalue weighted by atomic mass is 9.95. The van der Waals surface area contributed by atoms with Gasteiger partial charge in [-0.15, -0.1) is 0 Å². The first-order valence-electron chi connectivity index (χ1n) is 20.0. The molecule has 8 heteroatoms. The number of ketones is 1. The predicted octanol–water partition coefficient (Wildman–Crippen LogP) is 10.0. The molecular formula is C45H68O6Si2. The van der Waals surface area contributed by atoms with Crippen LogP contribution in [0.15, 0.2) is 84.9 Å². The van der Waals surface area contributed by atoms with Gasteiger partial charge in [0.2, 0.25) is 8.32 Å². The first kappa shape index (κ1) is 43.1. The smallest absolute Gasteiger partial charge is 0.261 e. The van der Waals surface area contributed by atoms with Crippen LogP contribution in [-0.4, -0.2) is 61.1 Å². The lowest BCUT2D eigenvalue weighted by molar-refractivity contribution is -0.131. The molecule has 0 bridgehead atoms. The fourth-order valence-corrected chi connectivity index (χ4v) is 19.1. The van der Waals surface area contributed by atoms with Gasteiger partial charge in [0, 0.05) is 26.1 Å². The Morgan fingerprint density at radius 2 is 1.32 bits per heavy atom. The first-order chi connectivity index (χ1) is 25.2. The van der Waals surface area contributed by atoms with Crippen molar-refractivity contribution in [2.45, 2.75) is 147 Å². The summed E-state index contributed by atoms with van der Waals surface area (Å²) >= 11 is 0. The van der Waals surface area contributed by atoms with Crippen molar-refractivity contribution >= 4 is 32.8 Å². The largest absolute Gasteiger partial charge is 0.497 e. The molecule has 0 unspecified atom stereocenters. The van der Waals surface area contributed by atoms with E-state index in [2.05, 4.69) is 123 Å². The molecule has 3 aromatic carbocycles. The molecule has 1 fully saturated rings. The highest BCUT2D eigenvalue weighted by atomic mass is 28.4. The van der Waals surface area contributed by atoms with Crippen LogP contribution in [-0.2, 0) is 29.7 Å². The highest BCUT2D eigenvalue weighted by Gasteiger charge is 2.51. The molecule has 0 aliphatic carbocycles. The van der Waals surface area contributed by atoms with Gasteiger partial charge in [0.1, 0.15) is 11.5 Å². The third kappa shape index (κ3) is 11.0. The quantitative estimate of drug-likeness (QED) is 0.0844. The highest BCUT2D eigenvalue weighted by Crippen LogP contribution is 2.45. The van der Waals surface area contributed by atoms with Crippen molar-refractivity contribution in [3.05, 3.63) is 90.5 Å². The summed E-state index contributed by atoms with van der Waals surface area (Å²) in [6.45, 7) is 22.7. The van der Waals surface area contributed by atoms with Gasteiger partial charge >= 0.3 is 0 Å². The molecule has 0 aromatic heterocycles. The van der Waals surface area contributed by atoms with Gasteiger partial charge in [-0.25, -0.2) is 0 Å². The van der Waals surface area contributed by atoms with E-state index in [1.807, 2.05) is 24.3 Å². The number of hydrogen-bond acceptors (Lipinski definition) is 6. The van der Waals surface area contributed by atoms with E-state index in [4.69, 9.17) is 23.1 Å². The Labute approximate surface area is 323 Å². The van der Waals surface area contributed by atoms with E-state index in [-0.39, 0.29) is 29.1 Å². The number of carbonyl (C=O) groups excluding carboxylic acids is 1. The summed E-state index contributed by atoms with van der Waals surface area (Å²) in [5.41, 5.74) is 2.55. The third-order valence-corrected chi connectivity index (χ3v) is 22.5. The second kappa shape index (κ2) is 19.8. The summed E-state index contributed by atoms with van der Waals surface area (Å²) in [6, 6.07) is 29.5. The molecule has 0 saturated carbocycles.